The number of pyridine rings is 3. The number of rotatable bonds is 5. The number of halogens is 1. The van der Waals surface area contributed by atoms with E-state index in [0.717, 1.165) is 50.1 Å². The van der Waals surface area contributed by atoms with E-state index in [1.54, 1.807) is 17.5 Å². The highest BCUT2D eigenvalue weighted by molar-refractivity contribution is 7.21. The molecule has 6 nitrogen and oxygen atoms in total. The average Bonchev–Trinajstić information content (AvgIpc) is 3.36. The molecule has 4 aromatic rings. The van der Waals surface area contributed by atoms with Gasteiger partial charge in [0.25, 0.3) is 0 Å². The fraction of sp³-hybridized carbons (Fsp3) is 0.304. The summed E-state index contributed by atoms with van der Waals surface area (Å²) in [4.78, 5) is 20.6. The summed E-state index contributed by atoms with van der Waals surface area (Å²) in [5.41, 5.74) is 4.94. The molecule has 0 radical (unpaired) electrons. The van der Waals surface area contributed by atoms with Gasteiger partial charge in [0.15, 0.2) is 0 Å². The Morgan fingerprint density at radius 3 is 2.84 bits per heavy atom. The molecule has 0 unspecified atom stereocenters. The summed E-state index contributed by atoms with van der Waals surface area (Å²) >= 11 is 1.59. The van der Waals surface area contributed by atoms with E-state index in [9.17, 15) is 4.39 Å². The summed E-state index contributed by atoms with van der Waals surface area (Å²) in [7, 11) is 0. The normalized spacial score (nSPS) is 16.8. The largest absolute Gasteiger partial charge is 0.325 e. The first-order valence-electron chi connectivity index (χ1n) is 10.3. The molecule has 0 aromatic carbocycles. The van der Waals surface area contributed by atoms with Gasteiger partial charge in [0.1, 0.15) is 28.5 Å². The Morgan fingerprint density at radius 1 is 1.13 bits per heavy atom. The van der Waals surface area contributed by atoms with Crippen LogP contribution in [0.3, 0.4) is 0 Å². The number of hydrogen-bond acceptors (Lipinski definition) is 7. The van der Waals surface area contributed by atoms with E-state index >= 15 is 0 Å². The minimum absolute atomic E-state index is 0.485. The van der Waals surface area contributed by atoms with Crippen molar-refractivity contribution in [2.75, 3.05) is 18.4 Å². The number of fused-ring (bicyclic) bond motifs is 1. The molecule has 1 fully saturated rings. The van der Waals surface area contributed by atoms with E-state index < -0.39 is 6.17 Å². The molecule has 8 heteroatoms. The highest BCUT2D eigenvalue weighted by Gasteiger charge is 2.22. The zero-order valence-electron chi connectivity index (χ0n) is 17.5. The topological polar surface area (TPSA) is 66.8 Å². The van der Waals surface area contributed by atoms with E-state index in [2.05, 4.69) is 20.2 Å². The van der Waals surface area contributed by atoms with Crippen LogP contribution in [0.2, 0.25) is 0 Å². The van der Waals surface area contributed by atoms with Gasteiger partial charge >= 0.3 is 0 Å². The molecule has 1 saturated heterocycles. The van der Waals surface area contributed by atoms with Crippen molar-refractivity contribution in [1.82, 2.24) is 24.8 Å². The Labute approximate surface area is 184 Å². The Kier molecular flexibility index (Phi) is 5.33. The van der Waals surface area contributed by atoms with Crippen LogP contribution in [0.4, 0.5) is 16.0 Å². The molecular formula is C23H23FN6S. The molecule has 5 heterocycles. The molecule has 0 bridgehead atoms. The third kappa shape index (κ3) is 4.26. The van der Waals surface area contributed by atoms with Crippen LogP contribution in [0.5, 0.6) is 0 Å². The highest BCUT2D eigenvalue weighted by Crippen LogP contribution is 2.31. The van der Waals surface area contributed by atoms with Crippen LogP contribution >= 0.6 is 11.3 Å². The summed E-state index contributed by atoms with van der Waals surface area (Å²) in [5, 5.41) is 4.18. The van der Waals surface area contributed by atoms with Gasteiger partial charge in [0.2, 0.25) is 0 Å². The number of likely N-dealkylation sites (tertiary alicyclic amines) is 1. The van der Waals surface area contributed by atoms with E-state index in [1.807, 2.05) is 50.4 Å². The lowest BCUT2D eigenvalue weighted by atomic mass is 10.2. The Morgan fingerprint density at radius 2 is 2.03 bits per heavy atom. The molecule has 158 valence electrons. The van der Waals surface area contributed by atoms with Gasteiger partial charge in [-0.3, -0.25) is 9.88 Å². The van der Waals surface area contributed by atoms with Crippen LogP contribution in [0.25, 0.3) is 20.9 Å². The molecule has 0 spiro atoms. The fourth-order valence-electron chi connectivity index (χ4n) is 3.79. The first-order chi connectivity index (χ1) is 15.0. The van der Waals surface area contributed by atoms with Crippen molar-refractivity contribution in [3.63, 3.8) is 0 Å². The number of aromatic nitrogens is 4. The Balaban J connectivity index is 1.38. The van der Waals surface area contributed by atoms with Crippen LogP contribution < -0.4 is 5.32 Å². The van der Waals surface area contributed by atoms with Crippen LogP contribution in [-0.2, 0) is 6.54 Å². The zero-order chi connectivity index (χ0) is 21.4. The van der Waals surface area contributed by atoms with E-state index in [0.29, 0.717) is 25.3 Å². The summed E-state index contributed by atoms with van der Waals surface area (Å²) in [6.45, 7) is 6.00. The minimum Gasteiger partial charge on any atom is -0.325 e. The van der Waals surface area contributed by atoms with Crippen LogP contribution in [-0.4, -0.2) is 44.1 Å². The van der Waals surface area contributed by atoms with Gasteiger partial charge in [0, 0.05) is 38.1 Å². The van der Waals surface area contributed by atoms with Gasteiger partial charge < -0.3 is 5.32 Å². The fourth-order valence-corrected chi connectivity index (χ4v) is 4.76. The molecule has 0 aliphatic carbocycles. The molecule has 0 saturated carbocycles. The standard InChI is InChI=1S/C23H23FN6S/c1-14-5-6-20(27-18(14)13-30-9-7-16(24)12-30)29-21-10-17-19(11-26-21)31-23(28-17)22-15(2)4-3-8-25-22/h3-6,8,10-11,16H,7,9,12-13H2,1-2H3,(H,26,27,29)/t16-/m1/s1. The number of alkyl halides is 1. The van der Waals surface area contributed by atoms with E-state index in [1.165, 1.54) is 0 Å². The number of thiazole rings is 1. The molecule has 5 rings (SSSR count). The number of anilines is 2. The zero-order valence-corrected chi connectivity index (χ0v) is 18.3. The third-order valence-corrected chi connectivity index (χ3v) is 6.55. The predicted octanol–water partition coefficient (Wildman–Crippen LogP) is 5.05. The second-order valence-corrected chi connectivity index (χ2v) is 8.96. The second-order valence-electron chi connectivity index (χ2n) is 7.93. The van der Waals surface area contributed by atoms with Gasteiger partial charge in [-0.15, -0.1) is 11.3 Å². The molecule has 4 aromatic heterocycles. The first kappa shape index (κ1) is 20.0. The summed E-state index contributed by atoms with van der Waals surface area (Å²) < 4.78 is 14.5. The number of hydrogen-bond donors (Lipinski definition) is 1. The van der Waals surface area contributed by atoms with Crippen LogP contribution in [0.1, 0.15) is 23.2 Å². The molecule has 31 heavy (non-hydrogen) atoms. The number of nitrogens with one attached hydrogen (secondary N) is 1. The molecule has 1 aliphatic rings. The van der Waals surface area contributed by atoms with Crippen molar-refractivity contribution in [3.05, 3.63) is 59.5 Å². The second kappa shape index (κ2) is 8.28. The molecule has 0 amide bonds. The highest BCUT2D eigenvalue weighted by atomic mass is 32.1. The lowest BCUT2D eigenvalue weighted by Crippen LogP contribution is -2.21. The summed E-state index contributed by atoms with van der Waals surface area (Å²) in [6, 6.07) is 9.88. The van der Waals surface area contributed by atoms with E-state index in [4.69, 9.17) is 9.97 Å². The first-order valence-corrected chi connectivity index (χ1v) is 11.2. The van der Waals surface area contributed by atoms with Gasteiger partial charge in [-0.1, -0.05) is 12.1 Å². The lowest BCUT2D eigenvalue weighted by molar-refractivity contribution is 0.280. The Bertz CT molecular complexity index is 1240. The minimum atomic E-state index is -0.726. The maximum Gasteiger partial charge on any atom is 0.143 e. The SMILES string of the molecule is Cc1ccc(Nc2cc3nc(-c4ncccc4C)sc3cn2)nc1CN1CC[C@@H](F)C1. The molecular weight excluding hydrogens is 411 g/mol. The Hall–Kier alpha value is -2.97. The molecule has 1 N–H and O–H groups in total. The summed E-state index contributed by atoms with van der Waals surface area (Å²) in [5.74, 6) is 1.41. The average molecular weight is 435 g/mol. The van der Waals surface area contributed by atoms with Crippen LogP contribution in [0.15, 0.2) is 42.7 Å². The van der Waals surface area contributed by atoms with Crippen molar-refractivity contribution in [3.8, 4) is 10.7 Å². The smallest absolute Gasteiger partial charge is 0.143 e. The monoisotopic (exact) mass is 434 g/mol. The predicted molar refractivity (Wildman–Crippen MR) is 122 cm³/mol. The molecule has 1 aliphatic heterocycles. The maximum absolute atomic E-state index is 13.5. The van der Waals surface area contributed by atoms with Crippen molar-refractivity contribution >= 4 is 33.2 Å². The van der Waals surface area contributed by atoms with Crippen molar-refractivity contribution in [2.45, 2.75) is 33.0 Å². The number of aryl methyl sites for hydroxylation is 2. The van der Waals surface area contributed by atoms with Gasteiger partial charge in [-0.25, -0.2) is 19.3 Å². The van der Waals surface area contributed by atoms with Crippen LogP contribution in [0, 0.1) is 13.8 Å². The van der Waals surface area contributed by atoms with Gasteiger partial charge in [-0.05, 0) is 43.5 Å². The van der Waals surface area contributed by atoms with Crippen molar-refractivity contribution in [2.24, 2.45) is 0 Å². The lowest BCUT2D eigenvalue weighted by Gasteiger charge is -2.16. The van der Waals surface area contributed by atoms with Gasteiger partial charge in [-0.2, -0.15) is 0 Å². The van der Waals surface area contributed by atoms with Crippen molar-refractivity contribution < 1.29 is 4.39 Å². The quantitative estimate of drug-likeness (QED) is 0.474. The maximum atomic E-state index is 13.5. The van der Waals surface area contributed by atoms with Gasteiger partial charge in [0.05, 0.1) is 15.9 Å². The third-order valence-electron chi connectivity index (χ3n) is 5.53. The summed E-state index contributed by atoms with van der Waals surface area (Å²) in [6.07, 6.45) is 3.50. The van der Waals surface area contributed by atoms with E-state index in [-0.39, 0.29) is 0 Å². The number of nitrogens with zero attached hydrogens (tertiary/aromatic N) is 5. The van der Waals surface area contributed by atoms with Crippen molar-refractivity contribution in [1.29, 1.82) is 0 Å². The molecule has 1 atom stereocenters.